The molecule has 3 N–H and O–H groups in total. The number of aliphatic hydroxyl groups is 1. The maximum absolute atomic E-state index is 12.5. The number of nitrogens with two attached hydrogens (primary N) is 1. The SMILES string of the molecule is CCC[C@@H](O)[C@@H](N)c1ccc(C(F)(F)F)c(Cl)c1. The maximum atomic E-state index is 12.5. The summed E-state index contributed by atoms with van der Waals surface area (Å²) in [6.07, 6.45) is -4.05. The van der Waals surface area contributed by atoms with Crippen molar-refractivity contribution in [2.75, 3.05) is 0 Å². The Hall–Kier alpha value is -0.780. The van der Waals surface area contributed by atoms with Crippen LogP contribution in [0, 0.1) is 0 Å². The summed E-state index contributed by atoms with van der Waals surface area (Å²) in [5, 5.41) is 9.30. The van der Waals surface area contributed by atoms with Crippen molar-refractivity contribution in [2.45, 2.75) is 38.1 Å². The smallest absolute Gasteiger partial charge is 0.391 e. The summed E-state index contributed by atoms with van der Waals surface area (Å²) in [7, 11) is 0. The Morgan fingerprint density at radius 3 is 2.44 bits per heavy atom. The van der Waals surface area contributed by atoms with Crippen LogP contribution >= 0.6 is 11.6 Å². The largest absolute Gasteiger partial charge is 0.417 e. The first kappa shape index (κ1) is 15.3. The number of hydrogen-bond donors (Lipinski definition) is 2. The first-order chi connectivity index (χ1) is 8.27. The van der Waals surface area contributed by atoms with Gasteiger partial charge in [-0.2, -0.15) is 13.2 Å². The van der Waals surface area contributed by atoms with Crippen molar-refractivity contribution >= 4 is 11.6 Å². The van der Waals surface area contributed by atoms with E-state index in [0.717, 1.165) is 18.6 Å². The third-order valence-corrected chi connectivity index (χ3v) is 3.00. The van der Waals surface area contributed by atoms with Gasteiger partial charge in [-0.3, -0.25) is 0 Å². The molecule has 0 radical (unpaired) electrons. The number of rotatable bonds is 4. The van der Waals surface area contributed by atoms with Gasteiger partial charge in [-0.05, 0) is 24.1 Å². The molecule has 1 aromatic rings. The molecular weight excluding hydrogens is 267 g/mol. The molecule has 0 aromatic heterocycles. The van der Waals surface area contributed by atoms with Gasteiger partial charge in [-0.25, -0.2) is 0 Å². The zero-order chi connectivity index (χ0) is 13.9. The molecular formula is C12H15ClF3NO. The fraction of sp³-hybridized carbons (Fsp3) is 0.500. The molecule has 0 aliphatic carbocycles. The van der Waals surface area contributed by atoms with Crippen molar-refractivity contribution in [3.05, 3.63) is 34.3 Å². The highest BCUT2D eigenvalue weighted by molar-refractivity contribution is 6.31. The second-order valence-electron chi connectivity index (χ2n) is 4.12. The molecule has 0 amide bonds. The van der Waals surface area contributed by atoms with Crippen molar-refractivity contribution < 1.29 is 18.3 Å². The van der Waals surface area contributed by atoms with Gasteiger partial charge in [-0.1, -0.05) is 31.0 Å². The fourth-order valence-corrected chi connectivity index (χ4v) is 1.96. The summed E-state index contributed by atoms with van der Waals surface area (Å²) in [5.41, 5.74) is 5.26. The van der Waals surface area contributed by atoms with E-state index in [0.29, 0.717) is 12.0 Å². The molecule has 0 saturated heterocycles. The Balaban J connectivity index is 2.97. The summed E-state index contributed by atoms with van der Waals surface area (Å²) < 4.78 is 37.5. The van der Waals surface area contributed by atoms with Gasteiger partial charge in [0.1, 0.15) is 0 Å². The van der Waals surface area contributed by atoms with Crippen molar-refractivity contribution in [3.8, 4) is 0 Å². The average molecular weight is 282 g/mol. The highest BCUT2D eigenvalue weighted by Crippen LogP contribution is 2.36. The maximum Gasteiger partial charge on any atom is 0.417 e. The molecule has 0 aliphatic rings. The Morgan fingerprint density at radius 2 is 2.00 bits per heavy atom. The zero-order valence-electron chi connectivity index (χ0n) is 9.84. The number of benzene rings is 1. The normalized spacial score (nSPS) is 15.5. The van der Waals surface area contributed by atoms with E-state index in [1.54, 1.807) is 0 Å². The zero-order valence-corrected chi connectivity index (χ0v) is 10.6. The van der Waals surface area contributed by atoms with Gasteiger partial charge in [0.15, 0.2) is 0 Å². The van der Waals surface area contributed by atoms with Crippen LogP contribution in [0.25, 0.3) is 0 Å². The van der Waals surface area contributed by atoms with E-state index in [9.17, 15) is 18.3 Å². The molecule has 0 aliphatic heterocycles. The number of halogens is 4. The molecule has 0 bridgehead atoms. The monoisotopic (exact) mass is 281 g/mol. The summed E-state index contributed by atoms with van der Waals surface area (Å²) in [5.74, 6) is 0. The van der Waals surface area contributed by atoms with Gasteiger partial charge >= 0.3 is 6.18 Å². The molecule has 6 heteroatoms. The van der Waals surface area contributed by atoms with Gasteiger partial charge in [0.25, 0.3) is 0 Å². The molecule has 102 valence electrons. The van der Waals surface area contributed by atoms with Crippen LogP contribution in [0.3, 0.4) is 0 Å². The summed E-state index contributed by atoms with van der Waals surface area (Å²) >= 11 is 5.58. The summed E-state index contributed by atoms with van der Waals surface area (Å²) in [4.78, 5) is 0. The van der Waals surface area contributed by atoms with E-state index in [-0.39, 0.29) is 0 Å². The first-order valence-corrected chi connectivity index (χ1v) is 5.95. The van der Waals surface area contributed by atoms with Crippen LogP contribution in [-0.4, -0.2) is 11.2 Å². The Morgan fingerprint density at radius 1 is 1.39 bits per heavy atom. The molecule has 0 heterocycles. The van der Waals surface area contributed by atoms with Crippen LogP contribution in [0.2, 0.25) is 5.02 Å². The summed E-state index contributed by atoms with van der Waals surface area (Å²) in [6, 6.07) is 2.56. The van der Waals surface area contributed by atoms with E-state index < -0.39 is 28.9 Å². The predicted octanol–water partition coefficient (Wildman–Crippen LogP) is 3.52. The van der Waals surface area contributed by atoms with E-state index in [4.69, 9.17) is 17.3 Å². The van der Waals surface area contributed by atoms with E-state index in [2.05, 4.69) is 0 Å². The first-order valence-electron chi connectivity index (χ1n) is 5.57. The third-order valence-electron chi connectivity index (χ3n) is 2.68. The Kier molecular flexibility index (Phi) is 5.01. The molecule has 0 saturated carbocycles. The predicted molar refractivity (Wildman–Crippen MR) is 64.3 cm³/mol. The number of alkyl halides is 3. The van der Waals surface area contributed by atoms with Gasteiger partial charge in [0.05, 0.1) is 22.7 Å². The third kappa shape index (κ3) is 3.60. The fourth-order valence-electron chi connectivity index (χ4n) is 1.67. The lowest BCUT2D eigenvalue weighted by atomic mass is 9.98. The van der Waals surface area contributed by atoms with Crippen LogP contribution in [-0.2, 0) is 6.18 Å². The molecule has 18 heavy (non-hydrogen) atoms. The second kappa shape index (κ2) is 5.91. The lowest BCUT2D eigenvalue weighted by Gasteiger charge is -2.19. The average Bonchev–Trinajstić information content (AvgIpc) is 2.26. The lowest BCUT2D eigenvalue weighted by Crippen LogP contribution is -2.26. The molecule has 0 unspecified atom stereocenters. The van der Waals surface area contributed by atoms with Crippen molar-refractivity contribution in [2.24, 2.45) is 5.73 Å². The number of hydrogen-bond acceptors (Lipinski definition) is 2. The minimum atomic E-state index is -4.48. The summed E-state index contributed by atoms with van der Waals surface area (Å²) in [6.45, 7) is 1.88. The van der Waals surface area contributed by atoms with E-state index in [1.165, 1.54) is 6.07 Å². The van der Waals surface area contributed by atoms with Gasteiger partial charge < -0.3 is 10.8 Å². The molecule has 0 fully saturated rings. The molecule has 2 atom stereocenters. The van der Waals surface area contributed by atoms with Gasteiger partial charge in [0.2, 0.25) is 0 Å². The highest BCUT2D eigenvalue weighted by atomic mass is 35.5. The highest BCUT2D eigenvalue weighted by Gasteiger charge is 2.33. The van der Waals surface area contributed by atoms with Crippen molar-refractivity contribution in [3.63, 3.8) is 0 Å². The lowest BCUT2D eigenvalue weighted by molar-refractivity contribution is -0.137. The van der Waals surface area contributed by atoms with E-state index in [1.807, 2.05) is 6.92 Å². The second-order valence-corrected chi connectivity index (χ2v) is 4.53. The minimum Gasteiger partial charge on any atom is -0.391 e. The standard InChI is InChI=1S/C12H15ClF3NO/c1-2-3-10(18)11(17)7-4-5-8(9(13)6-7)12(14,15)16/h4-6,10-11,18H,2-3,17H2,1H3/t10-,11+/m1/s1. The van der Waals surface area contributed by atoms with Gasteiger partial charge in [-0.15, -0.1) is 0 Å². The topological polar surface area (TPSA) is 46.2 Å². The van der Waals surface area contributed by atoms with Crippen LogP contribution in [0.1, 0.15) is 36.9 Å². The van der Waals surface area contributed by atoms with Gasteiger partial charge in [0, 0.05) is 0 Å². The Labute approximate surface area is 109 Å². The quantitative estimate of drug-likeness (QED) is 0.887. The van der Waals surface area contributed by atoms with Crippen LogP contribution in [0.15, 0.2) is 18.2 Å². The number of aliphatic hydroxyl groups excluding tert-OH is 1. The molecule has 2 nitrogen and oxygen atoms in total. The van der Waals surface area contributed by atoms with Crippen LogP contribution < -0.4 is 5.73 Å². The molecule has 1 rings (SSSR count). The van der Waals surface area contributed by atoms with Crippen molar-refractivity contribution in [1.29, 1.82) is 0 Å². The van der Waals surface area contributed by atoms with Crippen LogP contribution in [0.4, 0.5) is 13.2 Å². The van der Waals surface area contributed by atoms with Crippen molar-refractivity contribution in [1.82, 2.24) is 0 Å². The van der Waals surface area contributed by atoms with E-state index >= 15 is 0 Å². The Bertz CT molecular complexity index is 409. The molecule has 1 aromatic carbocycles. The van der Waals surface area contributed by atoms with Crippen LogP contribution in [0.5, 0.6) is 0 Å². The minimum absolute atomic E-state index is 0.397. The molecule has 0 spiro atoms.